The molecule has 0 atom stereocenters. The lowest BCUT2D eigenvalue weighted by molar-refractivity contribution is -0.119. The van der Waals surface area contributed by atoms with Crippen LogP contribution in [0.1, 0.15) is 10.4 Å². The van der Waals surface area contributed by atoms with Crippen LogP contribution in [-0.4, -0.2) is 25.5 Å². The summed E-state index contributed by atoms with van der Waals surface area (Å²) in [6, 6.07) is 9.74. The number of primary amides is 1. The normalized spacial score (nSPS) is 10.1. The lowest BCUT2D eigenvalue weighted by atomic mass is 10.2. The van der Waals surface area contributed by atoms with Crippen molar-refractivity contribution in [2.75, 3.05) is 19.0 Å². The van der Waals surface area contributed by atoms with Gasteiger partial charge in [-0.1, -0.05) is 27.5 Å². The van der Waals surface area contributed by atoms with Crippen LogP contribution in [0.15, 0.2) is 40.9 Å². The molecule has 0 unspecified atom stereocenters. The Hall–Kier alpha value is -2.25. The summed E-state index contributed by atoms with van der Waals surface area (Å²) in [7, 11) is 1.46. The summed E-state index contributed by atoms with van der Waals surface area (Å²) < 4.78 is 11.2. The summed E-state index contributed by atoms with van der Waals surface area (Å²) in [5.74, 6) is -0.293. The average Bonchev–Trinajstić information content (AvgIpc) is 2.52. The summed E-state index contributed by atoms with van der Waals surface area (Å²) in [4.78, 5) is 23.2. The molecule has 0 spiro atoms. The highest BCUT2D eigenvalue weighted by atomic mass is 79.9. The van der Waals surface area contributed by atoms with Crippen LogP contribution in [0.2, 0.25) is 5.02 Å². The highest BCUT2D eigenvalue weighted by Crippen LogP contribution is 2.31. The average molecular weight is 414 g/mol. The molecule has 8 heteroatoms. The summed E-state index contributed by atoms with van der Waals surface area (Å²) in [6.45, 7) is -0.299. The van der Waals surface area contributed by atoms with Gasteiger partial charge in [-0.2, -0.15) is 0 Å². The van der Waals surface area contributed by atoms with E-state index in [0.717, 1.165) is 4.47 Å². The van der Waals surface area contributed by atoms with Crippen molar-refractivity contribution < 1.29 is 19.1 Å². The molecule has 0 fully saturated rings. The maximum absolute atomic E-state index is 12.3. The predicted octanol–water partition coefficient (Wildman–Crippen LogP) is 3.23. The number of methoxy groups -OCH3 is 1. The maximum atomic E-state index is 12.3. The largest absolute Gasteiger partial charge is 0.493 e. The number of anilines is 1. The van der Waals surface area contributed by atoms with Crippen molar-refractivity contribution in [2.24, 2.45) is 5.73 Å². The molecule has 126 valence electrons. The predicted molar refractivity (Wildman–Crippen MR) is 94.8 cm³/mol. The molecule has 6 nitrogen and oxygen atoms in total. The lowest BCUT2D eigenvalue weighted by Crippen LogP contribution is -2.20. The van der Waals surface area contributed by atoms with E-state index >= 15 is 0 Å². The van der Waals surface area contributed by atoms with Crippen LogP contribution in [-0.2, 0) is 4.79 Å². The van der Waals surface area contributed by atoms with Gasteiger partial charge in [0.15, 0.2) is 18.1 Å². The molecule has 0 saturated carbocycles. The second-order valence-electron chi connectivity index (χ2n) is 4.70. The molecule has 24 heavy (non-hydrogen) atoms. The standard InChI is InChI=1S/C16H14BrClN2O4/c1-23-13-5-3-10(7-14(13)24-8-15(19)21)20-16(22)11-4-2-9(17)6-12(11)18/h2-7H,8H2,1H3,(H2,19,21)(H,20,22). The van der Waals surface area contributed by atoms with Crippen molar-refractivity contribution in [3.63, 3.8) is 0 Å². The molecule has 2 aromatic carbocycles. The summed E-state index contributed by atoms with van der Waals surface area (Å²) in [5.41, 5.74) is 5.85. The zero-order chi connectivity index (χ0) is 17.7. The van der Waals surface area contributed by atoms with E-state index in [-0.39, 0.29) is 18.3 Å². The number of carbonyl (C=O) groups is 2. The van der Waals surface area contributed by atoms with Crippen LogP contribution in [0.3, 0.4) is 0 Å². The first kappa shape index (κ1) is 18.1. The van der Waals surface area contributed by atoms with Crippen LogP contribution in [0.4, 0.5) is 5.69 Å². The van der Waals surface area contributed by atoms with Gasteiger partial charge in [-0.3, -0.25) is 9.59 Å². The van der Waals surface area contributed by atoms with Crippen molar-refractivity contribution in [2.45, 2.75) is 0 Å². The Morgan fingerprint density at radius 1 is 1.21 bits per heavy atom. The van der Waals surface area contributed by atoms with E-state index in [4.69, 9.17) is 26.8 Å². The maximum Gasteiger partial charge on any atom is 0.257 e. The number of nitrogens with one attached hydrogen (secondary N) is 1. The molecule has 0 radical (unpaired) electrons. The topological polar surface area (TPSA) is 90.7 Å². The third kappa shape index (κ3) is 4.62. The third-order valence-corrected chi connectivity index (χ3v) is 3.77. The number of amides is 2. The number of halogens is 2. The fourth-order valence-electron chi connectivity index (χ4n) is 1.89. The zero-order valence-electron chi connectivity index (χ0n) is 12.6. The molecule has 0 saturated heterocycles. The van der Waals surface area contributed by atoms with Crippen LogP contribution >= 0.6 is 27.5 Å². The Bertz CT molecular complexity index is 783. The number of carbonyl (C=O) groups excluding carboxylic acids is 2. The van der Waals surface area contributed by atoms with Crippen LogP contribution in [0, 0.1) is 0 Å². The monoisotopic (exact) mass is 412 g/mol. The van der Waals surface area contributed by atoms with Crippen molar-refractivity contribution in [3.8, 4) is 11.5 Å². The molecule has 3 N–H and O–H groups in total. The molecule has 2 aromatic rings. The minimum Gasteiger partial charge on any atom is -0.493 e. The molecule has 0 aromatic heterocycles. The SMILES string of the molecule is COc1ccc(NC(=O)c2ccc(Br)cc2Cl)cc1OCC(N)=O. The van der Waals surface area contributed by atoms with Crippen molar-refractivity contribution in [3.05, 3.63) is 51.5 Å². The van der Waals surface area contributed by atoms with Crippen LogP contribution in [0.5, 0.6) is 11.5 Å². The number of nitrogens with two attached hydrogens (primary N) is 1. The van der Waals surface area contributed by atoms with E-state index < -0.39 is 5.91 Å². The van der Waals surface area contributed by atoms with Gasteiger partial charge < -0.3 is 20.5 Å². The van der Waals surface area contributed by atoms with Crippen molar-refractivity contribution >= 4 is 45.0 Å². The quantitative estimate of drug-likeness (QED) is 0.761. The van der Waals surface area contributed by atoms with E-state index in [1.807, 2.05) is 0 Å². The molecule has 0 heterocycles. The zero-order valence-corrected chi connectivity index (χ0v) is 15.0. The molecule has 0 aliphatic carbocycles. The van der Waals surface area contributed by atoms with Gasteiger partial charge in [0.05, 0.1) is 17.7 Å². The lowest BCUT2D eigenvalue weighted by Gasteiger charge is -2.12. The first-order valence-electron chi connectivity index (χ1n) is 6.76. The van der Waals surface area contributed by atoms with Gasteiger partial charge >= 0.3 is 0 Å². The van der Waals surface area contributed by atoms with E-state index in [0.29, 0.717) is 22.0 Å². The second-order valence-corrected chi connectivity index (χ2v) is 6.02. The molecule has 2 amide bonds. The van der Waals surface area contributed by atoms with Crippen molar-refractivity contribution in [1.29, 1.82) is 0 Å². The molecule has 0 aliphatic heterocycles. The van der Waals surface area contributed by atoms with Gasteiger partial charge in [-0.25, -0.2) is 0 Å². The van der Waals surface area contributed by atoms with Crippen LogP contribution < -0.4 is 20.5 Å². The fourth-order valence-corrected chi connectivity index (χ4v) is 2.65. The van der Waals surface area contributed by atoms with Gasteiger partial charge in [0.2, 0.25) is 0 Å². The number of hydrogen-bond acceptors (Lipinski definition) is 4. The highest BCUT2D eigenvalue weighted by Gasteiger charge is 2.13. The highest BCUT2D eigenvalue weighted by molar-refractivity contribution is 9.10. The Balaban J connectivity index is 2.21. The number of benzene rings is 2. The second kappa shape index (κ2) is 8.03. The van der Waals surface area contributed by atoms with Gasteiger partial charge in [-0.15, -0.1) is 0 Å². The summed E-state index contributed by atoms with van der Waals surface area (Å²) in [5, 5.41) is 3.03. The molecular weight excluding hydrogens is 400 g/mol. The number of rotatable bonds is 6. The molecular formula is C16H14BrClN2O4. The minimum absolute atomic E-state index is 0.288. The Morgan fingerprint density at radius 3 is 2.58 bits per heavy atom. The van der Waals surface area contributed by atoms with E-state index in [1.165, 1.54) is 13.2 Å². The number of ether oxygens (including phenoxy) is 2. The Kier molecular flexibility index (Phi) is 6.05. The van der Waals surface area contributed by atoms with Gasteiger partial charge in [0, 0.05) is 16.2 Å². The first-order valence-corrected chi connectivity index (χ1v) is 7.93. The van der Waals surface area contributed by atoms with E-state index in [2.05, 4.69) is 21.2 Å². The molecule has 0 aliphatic rings. The van der Waals surface area contributed by atoms with Gasteiger partial charge in [0.1, 0.15) is 0 Å². The fraction of sp³-hybridized carbons (Fsp3) is 0.125. The Morgan fingerprint density at radius 2 is 1.96 bits per heavy atom. The van der Waals surface area contributed by atoms with Crippen LogP contribution in [0.25, 0.3) is 0 Å². The smallest absolute Gasteiger partial charge is 0.257 e. The summed E-state index contributed by atoms with van der Waals surface area (Å²) in [6.07, 6.45) is 0. The molecule has 0 bridgehead atoms. The third-order valence-electron chi connectivity index (χ3n) is 2.97. The minimum atomic E-state index is -0.617. The summed E-state index contributed by atoms with van der Waals surface area (Å²) >= 11 is 9.35. The van der Waals surface area contributed by atoms with Crippen molar-refractivity contribution in [1.82, 2.24) is 0 Å². The van der Waals surface area contributed by atoms with Gasteiger partial charge in [-0.05, 0) is 30.3 Å². The van der Waals surface area contributed by atoms with Gasteiger partial charge in [0.25, 0.3) is 11.8 Å². The first-order chi connectivity index (χ1) is 11.4. The number of hydrogen-bond donors (Lipinski definition) is 2. The molecule has 2 rings (SSSR count). The Labute approximate surface area is 152 Å². The van der Waals surface area contributed by atoms with E-state index in [9.17, 15) is 9.59 Å². The van der Waals surface area contributed by atoms with E-state index in [1.54, 1.807) is 30.3 Å².